The van der Waals surface area contributed by atoms with E-state index >= 15 is 0 Å². The third kappa shape index (κ3) is 12.2. The monoisotopic (exact) mass is 240 g/mol. The fourth-order valence-electron chi connectivity index (χ4n) is 2.24. The van der Waals surface area contributed by atoms with Crippen molar-refractivity contribution >= 4 is 0 Å². The van der Waals surface area contributed by atoms with Crippen LogP contribution in [0.4, 0.5) is 0 Å². The molecule has 1 atom stereocenters. The highest BCUT2D eigenvalue weighted by Crippen LogP contribution is 2.18. The lowest BCUT2D eigenvalue weighted by Gasteiger charge is -2.14. The molecule has 0 aliphatic heterocycles. The molecule has 0 fully saturated rings. The normalized spacial score (nSPS) is 13.6. The van der Waals surface area contributed by atoms with Gasteiger partial charge in [0.1, 0.15) is 0 Å². The van der Waals surface area contributed by atoms with Crippen molar-refractivity contribution in [2.24, 2.45) is 17.8 Å². The number of hydrogen-bond donors (Lipinski definition) is 0. The second-order valence-corrected chi connectivity index (χ2v) is 6.67. The average Bonchev–Trinajstić information content (AvgIpc) is 2.25. The molecule has 0 heteroatoms. The molecule has 0 nitrogen and oxygen atoms in total. The Morgan fingerprint density at radius 3 is 1.35 bits per heavy atom. The van der Waals surface area contributed by atoms with Crippen molar-refractivity contribution in [2.45, 2.75) is 92.4 Å². The Labute approximate surface area is 111 Å². The van der Waals surface area contributed by atoms with E-state index in [0.717, 1.165) is 17.8 Å². The molecule has 0 bridgehead atoms. The van der Waals surface area contributed by atoms with E-state index in [1.54, 1.807) is 0 Å². The first-order valence-corrected chi connectivity index (χ1v) is 8.04. The van der Waals surface area contributed by atoms with Crippen LogP contribution in [0.5, 0.6) is 0 Å². The molecule has 0 rings (SSSR count). The zero-order valence-electron chi connectivity index (χ0n) is 13.1. The molecule has 0 aromatic heterocycles. The van der Waals surface area contributed by atoms with Crippen molar-refractivity contribution in [2.75, 3.05) is 0 Å². The lowest BCUT2D eigenvalue weighted by molar-refractivity contribution is 0.374. The molecule has 0 heterocycles. The van der Waals surface area contributed by atoms with Gasteiger partial charge in [0.2, 0.25) is 0 Å². The Morgan fingerprint density at radius 2 is 0.941 bits per heavy atom. The van der Waals surface area contributed by atoms with Gasteiger partial charge in [0.25, 0.3) is 0 Å². The molecule has 104 valence electrons. The minimum Gasteiger partial charge on any atom is -0.0628 e. The third-order valence-corrected chi connectivity index (χ3v) is 4.08. The maximum absolute atomic E-state index is 2.40. The van der Waals surface area contributed by atoms with Gasteiger partial charge in [-0.15, -0.1) is 0 Å². The lowest BCUT2D eigenvalue weighted by atomic mass is 9.92. The van der Waals surface area contributed by atoms with Crippen molar-refractivity contribution in [3.8, 4) is 0 Å². The molecule has 0 aromatic carbocycles. The summed E-state index contributed by atoms with van der Waals surface area (Å²) in [5.74, 6) is 2.68. The lowest BCUT2D eigenvalue weighted by Crippen LogP contribution is -2.03. The Morgan fingerprint density at radius 1 is 0.529 bits per heavy atom. The standard InChI is InChI=1S/C17H36/c1-15(2)13-11-9-7-6-8-10-12-14-17(5)16(3)4/h15-17H,6-14H2,1-5H3. The fourth-order valence-corrected chi connectivity index (χ4v) is 2.24. The summed E-state index contributed by atoms with van der Waals surface area (Å²) in [5, 5.41) is 0. The third-order valence-electron chi connectivity index (χ3n) is 4.08. The van der Waals surface area contributed by atoms with Crippen LogP contribution in [0, 0.1) is 17.8 Å². The molecule has 0 spiro atoms. The van der Waals surface area contributed by atoms with Gasteiger partial charge >= 0.3 is 0 Å². The summed E-state index contributed by atoms with van der Waals surface area (Å²) < 4.78 is 0. The highest BCUT2D eigenvalue weighted by Gasteiger charge is 2.05. The van der Waals surface area contributed by atoms with Gasteiger partial charge in [0.05, 0.1) is 0 Å². The molecular weight excluding hydrogens is 204 g/mol. The Hall–Kier alpha value is 0. The van der Waals surface area contributed by atoms with E-state index in [1.165, 1.54) is 57.8 Å². The highest BCUT2D eigenvalue weighted by molar-refractivity contribution is 4.57. The molecule has 0 saturated carbocycles. The average molecular weight is 240 g/mol. The molecule has 0 aromatic rings. The van der Waals surface area contributed by atoms with E-state index in [1.807, 2.05) is 0 Å². The smallest absolute Gasteiger partial charge is 0.0420 e. The first-order valence-electron chi connectivity index (χ1n) is 8.04. The summed E-state index contributed by atoms with van der Waals surface area (Å²) in [6.45, 7) is 11.8. The van der Waals surface area contributed by atoms with Crippen molar-refractivity contribution in [3.05, 3.63) is 0 Å². The summed E-state index contributed by atoms with van der Waals surface area (Å²) in [7, 11) is 0. The number of hydrogen-bond acceptors (Lipinski definition) is 0. The van der Waals surface area contributed by atoms with Crippen LogP contribution in [-0.2, 0) is 0 Å². The van der Waals surface area contributed by atoms with Gasteiger partial charge in [-0.1, -0.05) is 92.4 Å². The second-order valence-electron chi connectivity index (χ2n) is 6.67. The molecule has 0 aliphatic rings. The van der Waals surface area contributed by atoms with Gasteiger partial charge < -0.3 is 0 Å². The van der Waals surface area contributed by atoms with Gasteiger partial charge in [0, 0.05) is 0 Å². The summed E-state index contributed by atoms with van der Waals surface area (Å²) in [6, 6.07) is 0. The topological polar surface area (TPSA) is 0 Å². The van der Waals surface area contributed by atoms with E-state index in [9.17, 15) is 0 Å². The predicted octanol–water partition coefficient (Wildman–Crippen LogP) is 6.45. The van der Waals surface area contributed by atoms with Crippen molar-refractivity contribution in [1.29, 1.82) is 0 Å². The quantitative estimate of drug-likeness (QED) is 0.364. The van der Waals surface area contributed by atoms with Crippen LogP contribution in [0.3, 0.4) is 0 Å². The van der Waals surface area contributed by atoms with Crippen LogP contribution >= 0.6 is 0 Å². The first kappa shape index (κ1) is 17.0. The van der Waals surface area contributed by atoms with Crippen LogP contribution in [0.2, 0.25) is 0 Å². The van der Waals surface area contributed by atoms with E-state index in [2.05, 4.69) is 34.6 Å². The SMILES string of the molecule is CC(C)CCCCCCCCCC(C)C(C)C. The van der Waals surface area contributed by atoms with Crippen LogP contribution in [-0.4, -0.2) is 0 Å². The highest BCUT2D eigenvalue weighted by atomic mass is 14.1. The van der Waals surface area contributed by atoms with Gasteiger partial charge in [-0.25, -0.2) is 0 Å². The van der Waals surface area contributed by atoms with Gasteiger partial charge in [-0.2, -0.15) is 0 Å². The number of rotatable bonds is 11. The Balaban J connectivity index is 3.09. The maximum atomic E-state index is 2.40. The number of unbranched alkanes of at least 4 members (excludes halogenated alkanes) is 6. The van der Waals surface area contributed by atoms with E-state index < -0.39 is 0 Å². The Bertz CT molecular complexity index is 146. The molecule has 0 saturated heterocycles. The van der Waals surface area contributed by atoms with Crippen LogP contribution < -0.4 is 0 Å². The zero-order valence-corrected chi connectivity index (χ0v) is 13.1. The summed E-state index contributed by atoms with van der Waals surface area (Å²) >= 11 is 0. The van der Waals surface area contributed by atoms with Crippen molar-refractivity contribution < 1.29 is 0 Å². The first-order chi connectivity index (χ1) is 8.04. The van der Waals surface area contributed by atoms with Crippen LogP contribution in [0.25, 0.3) is 0 Å². The molecule has 0 radical (unpaired) electrons. The molecular formula is C17H36. The van der Waals surface area contributed by atoms with E-state index in [0.29, 0.717) is 0 Å². The van der Waals surface area contributed by atoms with Crippen LogP contribution in [0.1, 0.15) is 92.4 Å². The second kappa shape index (κ2) is 11.1. The molecule has 0 aliphatic carbocycles. The van der Waals surface area contributed by atoms with Gasteiger partial charge in [-0.05, 0) is 17.8 Å². The summed E-state index contributed by atoms with van der Waals surface area (Å²) in [5.41, 5.74) is 0. The van der Waals surface area contributed by atoms with Gasteiger partial charge in [-0.3, -0.25) is 0 Å². The summed E-state index contributed by atoms with van der Waals surface area (Å²) in [4.78, 5) is 0. The molecule has 1 unspecified atom stereocenters. The minimum absolute atomic E-state index is 0.867. The summed E-state index contributed by atoms with van der Waals surface area (Å²) in [6.07, 6.45) is 13.1. The predicted molar refractivity (Wildman–Crippen MR) is 80.4 cm³/mol. The Kier molecular flexibility index (Phi) is 11.1. The van der Waals surface area contributed by atoms with Gasteiger partial charge in [0.15, 0.2) is 0 Å². The molecule has 0 amide bonds. The van der Waals surface area contributed by atoms with Crippen LogP contribution in [0.15, 0.2) is 0 Å². The molecule has 0 N–H and O–H groups in total. The van der Waals surface area contributed by atoms with Crippen molar-refractivity contribution in [3.63, 3.8) is 0 Å². The molecule has 17 heavy (non-hydrogen) atoms. The van der Waals surface area contributed by atoms with Crippen molar-refractivity contribution in [1.82, 2.24) is 0 Å². The maximum Gasteiger partial charge on any atom is -0.0420 e. The van der Waals surface area contributed by atoms with E-state index in [4.69, 9.17) is 0 Å². The zero-order chi connectivity index (χ0) is 13.1. The largest absolute Gasteiger partial charge is 0.0628 e. The fraction of sp³-hybridized carbons (Fsp3) is 1.00. The van der Waals surface area contributed by atoms with E-state index in [-0.39, 0.29) is 0 Å². The minimum atomic E-state index is 0.867.